The number of esters is 1. The smallest absolute Gasteiger partial charge is 0.305 e. The number of carbonyl (C=O) groups is 3. The van der Waals surface area contributed by atoms with Crippen LogP contribution in [-0.4, -0.2) is 75.4 Å². The van der Waals surface area contributed by atoms with E-state index in [9.17, 15) is 19.5 Å². The van der Waals surface area contributed by atoms with E-state index in [-0.39, 0.29) is 54.7 Å². The molecule has 0 radical (unpaired) electrons. The Morgan fingerprint density at radius 1 is 1.04 bits per heavy atom. The number of nitrogens with zero attached hydrogens (tertiary/aromatic N) is 2. The van der Waals surface area contributed by atoms with Crippen LogP contribution in [0.3, 0.4) is 0 Å². The van der Waals surface area contributed by atoms with Gasteiger partial charge in [-0.3, -0.25) is 14.4 Å². The highest BCUT2D eigenvalue weighted by Gasteiger charge is 2.66. The third kappa shape index (κ3) is 6.42. The van der Waals surface area contributed by atoms with E-state index in [1.54, 1.807) is 12.0 Å². The topological polar surface area (TPSA) is 106 Å². The molecule has 1 fully saturated rings. The van der Waals surface area contributed by atoms with Crippen LogP contribution in [0.25, 0.3) is 0 Å². The highest BCUT2D eigenvalue weighted by molar-refractivity contribution is 9.10. The Morgan fingerprint density at radius 2 is 1.76 bits per heavy atom. The summed E-state index contributed by atoms with van der Waals surface area (Å²) in [4.78, 5) is 44.8. The number of rotatable bonds is 11. The number of amides is 2. The van der Waals surface area contributed by atoms with E-state index in [4.69, 9.17) is 14.2 Å². The number of aliphatic hydroxyl groups is 1. The van der Waals surface area contributed by atoms with Crippen LogP contribution < -0.4 is 14.8 Å². The lowest BCUT2D eigenvalue weighted by atomic mass is 9.82. The molecule has 0 bridgehead atoms. The van der Waals surface area contributed by atoms with Crippen LogP contribution in [0.5, 0.6) is 5.75 Å². The predicted molar refractivity (Wildman–Crippen MR) is 198 cm³/mol. The molecular weight excluding hydrogens is 716 g/mol. The van der Waals surface area contributed by atoms with Crippen LogP contribution in [0.1, 0.15) is 49.3 Å². The van der Waals surface area contributed by atoms with Gasteiger partial charge in [-0.05, 0) is 66.3 Å². The fraction of sp³-hybridized carbons (Fsp3) is 0.462. The van der Waals surface area contributed by atoms with Crippen molar-refractivity contribution >= 4 is 52.7 Å². The first kappa shape index (κ1) is 36.3. The molecule has 3 aliphatic heterocycles. The maximum absolute atomic E-state index is 14.9. The SMILES string of the molecule is COC(=O)CCCCN1C(=O)[C@]2(O[C@H](CC(=O)N3Cc4ccccc4C[C@H]3CO)[C@@H]([Si](C)(C)c3ccc(OC)cc3)[C@@H]2C)c2cc(Br)ccc21. The van der Waals surface area contributed by atoms with Gasteiger partial charge in [-0.25, -0.2) is 0 Å². The molecule has 6 rings (SSSR count). The summed E-state index contributed by atoms with van der Waals surface area (Å²) in [5.41, 5.74) is 2.43. The number of hydrogen-bond acceptors (Lipinski definition) is 7. The average Bonchev–Trinajstić information content (AvgIpc) is 3.54. The first-order valence-electron chi connectivity index (χ1n) is 17.4. The monoisotopic (exact) mass is 762 g/mol. The van der Waals surface area contributed by atoms with Crippen molar-refractivity contribution in [3.63, 3.8) is 0 Å². The molecule has 1 N–H and O–H groups in total. The van der Waals surface area contributed by atoms with Gasteiger partial charge < -0.3 is 29.1 Å². The van der Waals surface area contributed by atoms with Gasteiger partial charge in [0.25, 0.3) is 5.91 Å². The average molecular weight is 764 g/mol. The molecular formula is C39H47BrN2O7Si. The van der Waals surface area contributed by atoms with Crippen molar-refractivity contribution in [2.24, 2.45) is 5.92 Å². The molecule has 0 unspecified atom stereocenters. The van der Waals surface area contributed by atoms with Crippen LogP contribution >= 0.6 is 15.9 Å². The quantitative estimate of drug-likeness (QED) is 0.152. The number of unbranched alkanes of at least 4 members (excludes halogenated alkanes) is 1. The molecule has 0 aromatic heterocycles. The molecule has 266 valence electrons. The minimum absolute atomic E-state index is 0.0862. The highest BCUT2D eigenvalue weighted by atomic mass is 79.9. The number of benzene rings is 3. The first-order chi connectivity index (χ1) is 24.0. The fourth-order valence-electron chi connectivity index (χ4n) is 8.68. The van der Waals surface area contributed by atoms with Crippen molar-refractivity contribution in [1.82, 2.24) is 4.90 Å². The van der Waals surface area contributed by atoms with Gasteiger partial charge in [0, 0.05) is 35.5 Å². The molecule has 3 heterocycles. The molecule has 0 saturated carbocycles. The third-order valence-corrected chi connectivity index (χ3v) is 16.2. The summed E-state index contributed by atoms with van der Waals surface area (Å²) < 4.78 is 18.3. The minimum atomic E-state index is -2.47. The maximum atomic E-state index is 14.9. The van der Waals surface area contributed by atoms with E-state index >= 15 is 0 Å². The Morgan fingerprint density at radius 3 is 2.44 bits per heavy atom. The first-order valence-corrected chi connectivity index (χ1v) is 21.3. The summed E-state index contributed by atoms with van der Waals surface area (Å²) in [5.74, 6) is 0.0200. The van der Waals surface area contributed by atoms with Gasteiger partial charge in [0.15, 0.2) is 5.60 Å². The van der Waals surface area contributed by atoms with Crippen molar-refractivity contribution < 1.29 is 33.7 Å². The summed E-state index contributed by atoms with van der Waals surface area (Å²) in [5, 5.41) is 11.6. The lowest BCUT2D eigenvalue weighted by molar-refractivity contribution is -0.151. The van der Waals surface area contributed by atoms with Crippen molar-refractivity contribution in [3.05, 3.63) is 87.9 Å². The van der Waals surface area contributed by atoms with E-state index in [1.807, 2.05) is 53.4 Å². The van der Waals surface area contributed by atoms with Gasteiger partial charge in [-0.1, -0.05) is 77.5 Å². The Balaban J connectivity index is 1.38. The normalized spacial score (nSPS) is 24.3. The second-order valence-electron chi connectivity index (χ2n) is 14.3. The molecule has 1 spiro atoms. The second kappa shape index (κ2) is 14.6. The van der Waals surface area contributed by atoms with Gasteiger partial charge in [0.05, 0.1) is 53.2 Å². The molecule has 9 nitrogen and oxygen atoms in total. The van der Waals surface area contributed by atoms with E-state index in [1.165, 1.54) is 12.3 Å². The van der Waals surface area contributed by atoms with E-state index < -0.39 is 19.8 Å². The standard InChI is InChI=1S/C39H47BrN2O7Si/c1-25-37(50(4,5)31-16-14-30(47-2)15-17-31)34(22-35(44)42-23-27-11-7-6-10-26(27)20-29(42)24-43)49-39(25)32-21-28(40)13-18-33(32)41(38(39)46)19-9-8-12-36(45)48-3/h6-7,10-11,13-18,21,25,29,34,37,43H,8-9,12,19-20,22-24H2,1-5H3/t25-,29-,34+,37-,39+/m0/s1. The second-order valence-corrected chi connectivity index (χ2v) is 19.9. The number of carbonyl (C=O) groups excluding carboxylic acids is 3. The van der Waals surface area contributed by atoms with Gasteiger partial charge >= 0.3 is 5.97 Å². The summed E-state index contributed by atoms with van der Waals surface area (Å²) in [6.07, 6.45) is 1.63. The maximum Gasteiger partial charge on any atom is 0.305 e. The van der Waals surface area contributed by atoms with Crippen LogP contribution in [-0.2, 0) is 42.4 Å². The van der Waals surface area contributed by atoms with E-state index in [0.717, 1.165) is 32.6 Å². The summed E-state index contributed by atoms with van der Waals surface area (Å²) in [6.45, 7) is 7.44. The van der Waals surface area contributed by atoms with E-state index in [0.29, 0.717) is 32.4 Å². The number of fused-ring (bicyclic) bond motifs is 3. The Hall–Kier alpha value is -3.51. The van der Waals surface area contributed by atoms with Gasteiger partial charge in [0.1, 0.15) is 5.75 Å². The number of hydrogen-bond donors (Lipinski definition) is 1. The van der Waals surface area contributed by atoms with Gasteiger partial charge in [-0.2, -0.15) is 0 Å². The number of anilines is 1. The lowest BCUT2D eigenvalue weighted by Gasteiger charge is -2.39. The molecule has 3 aliphatic rings. The van der Waals surface area contributed by atoms with Gasteiger partial charge in [0.2, 0.25) is 5.91 Å². The lowest BCUT2D eigenvalue weighted by Crippen LogP contribution is -2.52. The fourth-order valence-corrected chi connectivity index (χ4v) is 13.1. The number of ether oxygens (including phenoxy) is 3. The van der Waals surface area contributed by atoms with Crippen LogP contribution in [0, 0.1) is 5.92 Å². The van der Waals surface area contributed by atoms with Crippen LogP contribution in [0.4, 0.5) is 5.69 Å². The zero-order chi connectivity index (χ0) is 35.8. The Kier molecular flexibility index (Phi) is 10.6. The van der Waals surface area contributed by atoms with Crippen LogP contribution in [0.2, 0.25) is 18.6 Å². The van der Waals surface area contributed by atoms with E-state index in [2.05, 4.69) is 54.1 Å². The van der Waals surface area contributed by atoms with Crippen LogP contribution in [0.15, 0.2) is 71.2 Å². The Bertz CT molecular complexity index is 1750. The molecule has 50 heavy (non-hydrogen) atoms. The minimum Gasteiger partial charge on any atom is -0.497 e. The summed E-state index contributed by atoms with van der Waals surface area (Å²) in [7, 11) is 0.560. The number of halogens is 1. The summed E-state index contributed by atoms with van der Waals surface area (Å²) >= 11 is 3.66. The van der Waals surface area contributed by atoms with Crippen molar-refractivity contribution in [2.45, 2.75) is 82.0 Å². The largest absolute Gasteiger partial charge is 0.497 e. The van der Waals surface area contributed by atoms with Crippen molar-refractivity contribution in [3.8, 4) is 5.75 Å². The Labute approximate surface area is 304 Å². The number of aliphatic hydroxyl groups excluding tert-OH is 1. The molecule has 3 aromatic carbocycles. The molecule has 1 saturated heterocycles. The third-order valence-electron chi connectivity index (χ3n) is 11.3. The predicted octanol–water partition coefficient (Wildman–Crippen LogP) is 5.70. The van der Waals surface area contributed by atoms with Gasteiger partial charge in [-0.15, -0.1) is 0 Å². The summed E-state index contributed by atoms with van der Waals surface area (Å²) in [6, 6.07) is 21.8. The zero-order valence-electron chi connectivity index (χ0n) is 29.5. The highest BCUT2D eigenvalue weighted by Crippen LogP contribution is 2.60. The van der Waals surface area contributed by atoms with Crippen molar-refractivity contribution in [1.29, 1.82) is 0 Å². The molecule has 0 aliphatic carbocycles. The molecule has 5 atom stereocenters. The zero-order valence-corrected chi connectivity index (χ0v) is 32.1. The number of methoxy groups -OCH3 is 2. The molecule has 2 amide bonds. The molecule has 3 aromatic rings. The van der Waals surface area contributed by atoms with Crippen molar-refractivity contribution in [2.75, 3.05) is 32.3 Å². The molecule has 11 heteroatoms.